The molecule has 1 aliphatic heterocycles. The second-order valence-electron chi connectivity index (χ2n) is 5.92. The van der Waals surface area contributed by atoms with E-state index in [1.165, 1.54) is 0 Å². The summed E-state index contributed by atoms with van der Waals surface area (Å²) in [5, 5.41) is 0. The first-order valence-electron chi connectivity index (χ1n) is 7.65. The average molecular weight is 320 g/mol. The van der Waals surface area contributed by atoms with E-state index >= 15 is 0 Å². The molecule has 1 aromatic carbocycles. The number of aldehydes is 1. The first-order valence-corrected chi connectivity index (χ1v) is 7.65. The number of ether oxygens (including phenoxy) is 4. The van der Waals surface area contributed by atoms with E-state index in [1.807, 2.05) is 38.1 Å². The second kappa shape index (κ2) is 7.73. The van der Waals surface area contributed by atoms with Crippen LogP contribution in [0.25, 0.3) is 0 Å². The zero-order chi connectivity index (χ0) is 16.9. The maximum Gasteiger partial charge on any atom is 0.163 e. The van der Waals surface area contributed by atoms with Crippen LogP contribution in [-0.2, 0) is 25.6 Å². The van der Waals surface area contributed by atoms with Crippen molar-refractivity contribution >= 4 is 6.29 Å². The number of hydrogen-bond acceptors (Lipinski definition) is 5. The number of methoxy groups -OCH3 is 1. The van der Waals surface area contributed by atoms with Crippen molar-refractivity contribution in [1.82, 2.24) is 0 Å². The van der Waals surface area contributed by atoms with Crippen molar-refractivity contribution in [3.8, 4) is 5.75 Å². The monoisotopic (exact) mass is 320 g/mol. The third-order valence-corrected chi connectivity index (χ3v) is 3.68. The highest BCUT2D eigenvalue weighted by Gasteiger charge is 2.45. The second-order valence-corrected chi connectivity index (χ2v) is 5.92. The molecular formula is C18H24O5. The SMILES string of the molecule is C=CCC1OC(C)(C)OC1[C@@H](C=O)OCc1ccc(OC)cc1. The van der Waals surface area contributed by atoms with Gasteiger partial charge < -0.3 is 23.7 Å². The van der Waals surface area contributed by atoms with E-state index in [-0.39, 0.29) is 6.10 Å². The highest BCUT2D eigenvalue weighted by atomic mass is 16.8. The molecule has 0 aliphatic carbocycles. The van der Waals surface area contributed by atoms with Crippen molar-refractivity contribution in [1.29, 1.82) is 0 Å². The Hall–Kier alpha value is -1.69. The molecule has 5 heteroatoms. The molecule has 1 heterocycles. The molecule has 5 nitrogen and oxygen atoms in total. The Morgan fingerprint density at radius 1 is 1.30 bits per heavy atom. The Morgan fingerprint density at radius 2 is 2.00 bits per heavy atom. The van der Waals surface area contributed by atoms with Gasteiger partial charge in [0.25, 0.3) is 0 Å². The summed E-state index contributed by atoms with van der Waals surface area (Å²) < 4.78 is 22.5. The van der Waals surface area contributed by atoms with E-state index in [1.54, 1.807) is 13.2 Å². The third-order valence-electron chi connectivity index (χ3n) is 3.68. The summed E-state index contributed by atoms with van der Waals surface area (Å²) in [6.07, 6.45) is 1.75. The first-order chi connectivity index (χ1) is 11.0. The lowest BCUT2D eigenvalue weighted by molar-refractivity contribution is -0.161. The summed E-state index contributed by atoms with van der Waals surface area (Å²) in [6, 6.07) is 7.51. The van der Waals surface area contributed by atoms with Crippen molar-refractivity contribution < 1.29 is 23.7 Å². The number of carbonyl (C=O) groups is 1. The molecule has 1 saturated heterocycles. The Morgan fingerprint density at radius 3 is 2.57 bits per heavy atom. The van der Waals surface area contributed by atoms with E-state index in [2.05, 4.69) is 6.58 Å². The molecule has 0 amide bonds. The van der Waals surface area contributed by atoms with Crippen LogP contribution in [-0.4, -0.2) is 37.5 Å². The molecule has 0 aromatic heterocycles. The van der Waals surface area contributed by atoms with Crippen LogP contribution in [0.15, 0.2) is 36.9 Å². The summed E-state index contributed by atoms with van der Waals surface area (Å²) in [5.74, 6) is 0.0457. The molecule has 0 spiro atoms. The Labute approximate surface area is 137 Å². The number of rotatable bonds is 8. The van der Waals surface area contributed by atoms with Gasteiger partial charge >= 0.3 is 0 Å². The maximum atomic E-state index is 11.5. The third kappa shape index (κ3) is 4.64. The minimum atomic E-state index is -0.733. The highest BCUT2D eigenvalue weighted by Crippen LogP contribution is 2.32. The molecule has 3 atom stereocenters. The van der Waals surface area contributed by atoms with Crippen molar-refractivity contribution in [3.05, 3.63) is 42.5 Å². The summed E-state index contributed by atoms with van der Waals surface area (Å²) in [5.41, 5.74) is 0.955. The van der Waals surface area contributed by atoms with Crippen molar-refractivity contribution in [2.24, 2.45) is 0 Å². The average Bonchev–Trinajstić information content (AvgIpc) is 2.84. The van der Waals surface area contributed by atoms with E-state index < -0.39 is 18.0 Å². The molecule has 126 valence electrons. The minimum Gasteiger partial charge on any atom is -0.497 e. The molecule has 0 saturated carbocycles. The first kappa shape index (κ1) is 17.7. The van der Waals surface area contributed by atoms with E-state index in [0.29, 0.717) is 13.0 Å². The largest absolute Gasteiger partial charge is 0.497 e. The van der Waals surface area contributed by atoms with E-state index in [9.17, 15) is 4.79 Å². The van der Waals surface area contributed by atoms with Crippen LogP contribution in [0.4, 0.5) is 0 Å². The highest BCUT2D eigenvalue weighted by molar-refractivity contribution is 5.57. The Bertz CT molecular complexity index is 523. The van der Waals surface area contributed by atoms with Crippen LogP contribution in [0.1, 0.15) is 25.8 Å². The molecule has 1 aliphatic rings. The lowest BCUT2D eigenvalue weighted by Crippen LogP contribution is -2.38. The number of benzene rings is 1. The van der Waals surface area contributed by atoms with Crippen LogP contribution in [0.2, 0.25) is 0 Å². The lowest BCUT2D eigenvalue weighted by Gasteiger charge is -2.22. The molecule has 2 unspecified atom stereocenters. The summed E-state index contributed by atoms with van der Waals surface area (Å²) in [4.78, 5) is 11.5. The molecule has 2 rings (SSSR count). The molecule has 0 bridgehead atoms. The van der Waals surface area contributed by atoms with Gasteiger partial charge in [0.05, 0.1) is 19.8 Å². The molecule has 0 radical (unpaired) electrons. The van der Waals surface area contributed by atoms with Crippen LogP contribution in [0.5, 0.6) is 5.75 Å². The van der Waals surface area contributed by atoms with Gasteiger partial charge in [-0.3, -0.25) is 0 Å². The zero-order valence-corrected chi connectivity index (χ0v) is 13.9. The maximum absolute atomic E-state index is 11.5. The van der Waals surface area contributed by atoms with Gasteiger partial charge in [-0.15, -0.1) is 6.58 Å². The predicted molar refractivity (Wildman–Crippen MR) is 86.3 cm³/mol. The van der Waals surface area contributed by atoms with Crippen molar-refractivity contribution in [2.75, 3.05) is 7.11 Å². The summed E-state index contributed by atoms with van der Waals surface area (Å²) >= 11 is 0. The van der Waals surface area contributed by atoms with Crippen molar-refractivity contribution in [3.63, 3.8) is 0 Å². The Balaban J connectivity index is 2.00. The smallest absolute Gasteiger partial charge is 0.163 e. The van der Waals surface area contributed by atoms with Gasteiger partial charge in [0.15, 0.2) is 12.1 Å². The fourth-order valence-electron chi connectivity index (χ4n) is 2.61. The van der Waals surface area contributed by atoms with Gasteiger partial charge in [0.1, 0.15) is 18.0 Å². The minimum absolute atomic E-state index is 0.242. The Kier molecular flexibility index (Phi) is 5.93. The van der Waals surface area contributed by atoms with Gasteiger partial charge in [-0.2, -0.15) is 0 Å². The number of carbonyl (C=O) groups excluding carboxylic acids is 1. The summed E-state index contributed by atoms with van der Waals surface area (Å²) in [6.45, 7) is 7.69. The number of hydrogen-bond donors (Lipinski definition) is 0. The fraction of sp³-hybridized carbons (Fsp3) is 0.500. The topological polar surface area (TPSA) is 54.0 Å². The quantitative estimate of drug-likeness (QED) is 0.544. The molecule has 0 N–H and O–H groups in total. The fourth-order valence-corrected chi connectivity index (χ4v) is 2.61. The van der Waals surface area contributed by atoms with Crippen LogP contribution < -0.4 is 4.74 Å². The standard InChI is InChI=1S/C18H24O5/c1-5-6-15-17(23-18(2,3)22-15)16(11-19)21-12-13-7-9-14(20-4)10-8-13/h5,7-11,15-17H,1,6,12H2,2-4H3/t15?,16-,17?/m1/s1. The molecular weight excluding hydrogens is 296 g/mol. The molecule has 1 aromatic rings. The predicted octanol–water partition coefficient (Wildman–Crippen LogP) is 2.88. The van der Waals surface area contributed by atoms with Gasteiger partial charge in [0, 0.05) is 0 Å². The van der Waals surface area contributed by atoms with E-state index in [0.717, 1.165) is 17.6 Å². The van der Waals surface area contributed by atoms with Crippen LogP contribution in [0, 0.1) is 0 Å². The lowest BCUT2D eigenvalue weighted by atomic mass is 10.1. The van der Waals surface area contributed by atoms with Crippen LogP contribution in [0.3, 0.4) is 0 Å². The van der Waals surface area contributed by atoms with Gasteiger partial charge in [-0.1, -0.05) is 18.2 Å². The molecule has 23 heavy (non-hydrogen) atoms. The van der Waals surface area contributed by atoms with Gasteiger partial charge in [-0.05, 0) is 38.0 Å². The van der Waals surface area contributed by atoms with Crippen LogP contribution >= 0.6 is 0 Å². The van der Waals surface area contributed by atoms with Gasteiger partial charge in [-0.25, -0.2) is 0 Å². The summed E-state index contributed by atoms with van der Waals surface area (Å²) in [7, 11) is 1.62. The molecule has 1 fully saturated rings. The van der Waals surface area contributed by atoms with Gasteiger partial charge in [0.2, 0.25) is 0 Å². The normalized spacial score (nSPS) is 24.1. The van der Waals surface area contributed by atoms with Crippen molar-refractivity contribution in [2.45, 2.75) is 51.0 Å². The zero-order valence-electron chi connectivity index (χ0n) is 13.9. The van der Waals surface area contributed by atoms with E-state index in [4.69, 9.17) is 18.9 Å².